The molecule has 0 heterocycles. The molecule has 19 heavy (non-hydrogen) atoms. The Labute approximate surface area is 119 Å². The summed E-state index contributed by atoms with van der Waals surface area (Å²) in [7, 11) is -1.83. The summed E-state index contributed by atoms with van der Waals surface area (Å²) in [6, 6.07) is 0. The molecule has 4 heteroatoms. The van der Waals surface area contributed by atoms with Crippen LogP contribution >= 0.6 is 0 Å². The van der Waals surface area contributed by atoms with E-state index in [0.29, 0.717) is 19.3 Å². The molecule has 112 valence electrons. The van der Waals surface area contributed by atoms with Gasteiger partial charge >= 0.3 is 0 Å². The molecule has 0 bridgehead atoms. The van der Waals surface area contributed by atoms with Gasteiger partial charge in [0, 0.05) is 19.4 Å². The largest absolute Gasteiger partial charge is 0.412 e. The summed E-state index contributed by atoms with van der Waals surface area (Å²) in [6.45, 7) is 13.0. The van der Waals surface area contributed by atoms with Gasteiger partial charge < -0.3 is 14.6 Å². The number of unbranched alkanes of at least 4 members (excludes halogenated alkanes) is 1. The van der Waals surface area contributed by atoms with Crippen LogP contribution in [-0.2, 0) is 4.43 Å². The Kier molecular flexibility index (Phi) is 7.91. The highest BCUT2D eigenvalue weighted by Gasteiger charge is 2.39. The predicted molar refractivity (Wildman–Crippen MR) is 82.5 cm³/mol. The fraction of sp³-hybridized carbons (Fsp3) is 0.867. The van der Waals surface area contributed by atoms with E-state index >= 15 is 0 Å². The lowest BCUT2D eigenvalue weighted by molar-refractivity contribution is 0.0423. The highest BCUT2D eigenvalue weighted by Crippen LogP contribution is 2.37. The van der Waals surface area contributed by atoms with Crippen molar-refractivity contribution in [1.82, 2.24) is 0 Å². The third-order valence-corrected chi connectivity index (χ3v) is 8.30. The van der Waals surface area contributed by atoms with Gasteiger partial charge in [-0.25, -0.2) is 0 Å². The molecular formula is C15H30O3Si. The monoisotopic (exact) mass is 286 g/mol. The average Bonchev–Trinajstić information content (AvgIpc) is 2.26. The number of hydrogen-bond donors (Lipinski definition) is 2. The second-order valence-electron chi connectivity index (χ2n) is 6.54. The SMILES string of the molecule is C[C@H](O[Si](C)(C)C(C)(C)C)[C@@H](O)CC#CCCCO. The lowest BCUT2D eigenvalue weighted by Crippen LogP contribution is -2.46. The second-order valence-corrected chi connectivity index (χ2v) is 11.3. The van der Waals surface area contributed by atoms with E-state index in [9.17, 15) is 5.11 Å². The molecule has 0 amide bonds. The quantitative estimate of drug-likeness (QED) is 0.448. The third kappa shape index (κ3) is 7.12. The van der Waals surface area contributed by atoms with E-state index < -0.39 is 14.4 Å². The summed E-state index contributed by atoms with van der Waals surface area (Å²) >= 11 is 0. The van der Waals surface area contributed by atoms with E-state index in [0.717, 1.165) is 0 Å². The van der Waals surface area contributed by atoms with Crippen molar-refractivity contribution in [2.75, 3.05) is 6.61 Å². The molecule has 2 N–H and O–H groups in total. The Morgan fingerprint density at radius 2 is 1.79 bits per heavy atom. The molecule has 0 rings (SSSR count). The van der Waals surface area contributed by atoms with Crippen LogP contribution in [-0.4, -0.2) is 37.3 Å². The molecule has 0 aliphatic heterocycles. The van der Waals surface area contributed by atoms with Gasteiger partial charge in [-0.1, -0.05) is 20.8 Å². The molecule has 2 atom stereocenters. The molecule has 0 radical (unpaired) electrons. The molecule has 0 aliphatic carbocycles. The highest BCUT2D eigenvalue weighted by molar-refractivity contribution is 6.74. The van der Waals surface area contributed by atoms with Crippen molar-refractivity contribution in [3.05, 3.63) is 0 Å². The first-order valence-electron chi connectivity index (χ1n) is 7.04. The summed E-state index contributed by atoms with van der Waals surface area (Å²) in [5.41, 5.74) is 0. The van der Waals surface area contributed by atoms with Crippen LogP contribution in [0.15, 0.2) is 0 Å². The van der Waals surface area contributed by atoms with E-state index in [2.05, 4.69) is 45.7 Å². The topological polar surface area (TPSA) is 49.7 Å². The normalized spacial score (nSPS) is 15.6. The first-order valence-corrected chi connectivity index (χ1v) is 9.95. The number of rotatable bonds is 6. The first kappa shape index (κ1) is 18.7. The van der Waals surface area contributed by atoms with Crippen molar-refractivity contribution >= 4 is 8.32 Å². The summed E-state index contributed by atoms with van der Waals surface area (Å²) in [5, 5.41) is 18.8. The zero-order valence-corrected chi connectivity index (χ0v) is 14.3. The van der Waals surface area contributed by atoms with E-state index in [-0.39, 0.29) is 17.7 Å². The second kappa shape index (κ2) is 8.06. The third-order valence-electron chi connectivity index (χ3n) is 3.72. The molecule has 0 aromatic rings. The predicted octanol–water partition coefficient (Wildman–Crippen LogP) is 2.92. The minimum Gasteiger partial charge on any atom is -0.412 e. The molecule has 0 spiro atoms. The van der Waals surface area contributed by atoms with Crippen molar-refractivity contribution in [3.63, 3.8) is 0 Å². The summed E-state index contributed by atoms with van der Waals surface area (Å²) in [6.07, 6.45) is 1.07. The molecule has 0 aromatic heterocycles. The van der Waals surface area contributed by atoms with Crippen molar-refractivity contribution < 1.29 is 14.6 Å². The summed E-state index contributed by atoms with van der Waals surface area (Å²) < 4.78 is 6.12. The Bertz CT molecular complexity index is 310. The van der Waals surface area contributed by atoms with Crippen LogP contribution in [0, 0.1) is 11.8 Å². The number of aliphatic hydroxyl groups is 2. The summed E-state index contributed by atoms with van der Waals surface area (Å²) in [4.78, 5) is 0. The van der Waals surface area contributed by atoms with E-state index in [1.807, 2.05) is 6.92 Å². The van der Waals surface area contributed by atoms with Crippen LogP contribution in [0.5, 0.6) is 0 Å². The van der Waals surface area contributed by atoms with Crippen LogP contribution < -0.4 is 0 Å². The van der Waals surface area contributed by atoms with Gasteiger partial charge in [-0.3, -0.25) is 0 Å². The van der Waals surface area contributed by atoms with Gasteiger partial charge in [0.05, 0.1) is 12.2 Å². The fourth-order valence-electron chi connectivity index (χ4n) is 1.32. The van der Waals surface area contributed by atoms with Crippen molar-refractivity contribution in [3.8, 4) is 11.8 Å². The maximum absolute atomic E-state index is 10.0. The standard InChI is InChI=1S/C15H30O3Si/c1-13(18-19(5,6)15(2,3)4)14(17)11-9-7-8-10-12-16/h13-14,16-17H,8,10-12H2,1-6H3/t13-,14-/m0/s1. The lowest BCUT2D eigenvalue weighted by atomic mass is 10.1. The van der Waals surface area contributed by atoms with Crippen molar-refractivity contribution in [1.29, 1.82) is 0 Å². The molecule has 0 aliphatic rings. The van der Waals surface area contributed by atoms with Crippen molar-refractivity contribution in [2.45, 2.75) is 77.3 Å². The molecule has 3 nitrogen and oxygen atoms in total. The van der Waals surface area contributed by atoms with Gasteiger partial charge in [0.25, 0.3) is 0 Å². The van der Waals surface area contributed by atoms with E-state index in [1.54, 1.807) is 0 Å². The van der Waals surface area contributed by atoms with Gasteiger partial charge in [-0.05, 0) is 31.5 Å². The molecule has 0 unspecified atom stereocenters. The zero-order valence-electron chi connectivity index (χ0n) is 13.3. The minimum atomic E-state index is -1.83. The Morgan fingerprint density at radius 3 is 2.26 bits per heavy atom. The molecular weight excluding hydrogens is 256 g/mol. The minimum absolute atomic E-state index is 0.147. The molecule has 0 saturated heterocycles. The first-order chi connectivity index (χ1) is 8.62. The maximum Gasteiger partial charge on any atom is 0.192 e. The Hall–Kier alpha value is -0.343. The van der Waals surface area contributed by atoms with Gasteiger partial charge in [0.2, 0.25) is 0 Å². The maximum atomic E-state index is 10.0. The summed E-state index contributed by atoms with van der Waals surface area (Å²) in [5.74, 6) is 5.90. The van der Waals surface area contributed by atoms with Crippen LogP contribution in [0.1, 0.15) is 47.0 Å². The van der Waals surface area contributed by atoms with Gasteiger partial charge in [-0.2, -0.15) is 0 Å². The smallest absolute Gasteiger partial charge is 0.192 e. The molecule has 0 saturated carbocycles. The number of hydrogen-bond acceptors (Lipinski definition) is 3. The van der Waals surface area contributed by atoms with Gasteiger partial charge in [-0.15, -0.1) is 11.8 Å². The van der Waals surface area contributed by atoms with E-state index in [1.165, 1.54) is 0 Å². The van der Waals surface area contributed by atoms with Crippen LogP contribution in [0.2, 0.25) is 18.1 Å². The van der Waals surface area contributed by atoms with Crippen LogP contribution in [0.3, 0.4) is 0 Å². The Morgan fingerprint density at radius 1 is 1.21 bits per heavy atom. The lowest BCUT2D eigenvalue weighted by Gasteiger charge is -2.39. The highest BCUT2D eigenvalue weighted by atomic mass is 28.4. The fourth-order valence-corrected chi connectivity index (χ4v) is 2.76. The van der Waals surface area contributed by atoms with E-state index in [4.69, 9.17) is 9.53 Å². The zero-order chi connectivity index (χ0) is 15.1. The van der Waals surface area contributed by atoms with Gasteiger partial charge in [0.15, 0.2) is 8.32 Å². The molecule has 0 aromatic carbocycles. The average molecular weight is 286 g/mol. The van der Waals surface area contributed by atoms with Gasteiger partial charge in [0.1, 0.15) is 0 Å². The van der Waals surface area contributed by atoms with Crippen molar-refractivity contribution in [2.24, 2.45) is 0 Å². The van der Waals surface area contributed by atoms with Crippen LogP contribution in [0.25, 0.3) is 0 Å². The molecule has 0 fully saturated rings. The number of aliphatic hydroxyl groups excluding tert-OH is 2. The Balaban J connectivity index is 4.26. The van der Waals surface area contributed by atoms with Crippen LogP contribution in [0.4, 0.5) is 0 Å².